The highest BCUT2D eigenvalue weighted by molar-refractivity contribution is 5.95. The van der Waals surface area contributed by atoms with Crippen molar-refractivity contribution < 1.29 is 14.3 Å². The molecule has 0 saturated carbocycles. The van der Waals surface area contributed by atoms with Crippen LogP contribution in [0.3, 0.4) is 0 Å². The molecule has 0 N–H and O–H groups in total. The van der Waals surface area contributed by atoms with Crippen LogP contribution >= 0.6 is 0 Å². The van der Waals surface area contributed by atoms with E-state index in [1.807, 2.05) is 42.5 Å². The zero-order valence-electron chi connectivity index (χ0n) is 13.4. The molecule has 4 nitrogen and oxygen atoms in total. The summed E-state index contributed by atoms with van der Waals surface area (Å²) in [6, 6.07) is 17.0. The van der Waals surface area contributed by atoms with Crippen LogP contribution in [0, 0.1) is 0 Å². The lowest BCUT2D eigenvalue weighted by atomic mass is 9.98. The second-order valence-electron chi connectivity index (χ2n) is 5.75. The second-order valence-corrected chi connectivity index (χ2v) is 5.75. The number of fused-ring (bicyclic) bond motifs is 1. The quantitative estimate of drug-likeness (QED) is 0.628. The van der Waals surface area contributed by atoms with Gasteiger partial charge in [-0.25, -0.2) is 4.79 Å². The first-order valence-corrected chi connectivity index (χ1v) is 7.91. The van der Waals surface area contributed by atoms with Gasteiger partial charge in [-0.1, -0.05) is 54.6 Å². The summed E-state index contributed by atoms with van der Waals surface area (Å²) in [6.45, 7) is 4.58. The van der Waals surface area contributed by atoms with Crippen LogP contribution in [0.4, 0.5) is 0 Å². The number of carbonyl (C=O) groups excluding carboxylic acids is 2. The Hall–Kier alpha value is -2.88. The second kappa shape index (κ2) is 7.13. The van der Waals surface area contributed by atoms with Crippen LogP contribution in [0.1, 0.15) is 21.5 Å². The number of ether oxygens (including phenoxy) is 1. The zero-order valence-corrected chi connectivity index (χ0v) is 13.4. The van der Waals surface area contributed by atoms with Gasteiger partial charge in [-0.2, -0.15) is 0 Å². The first-order chi connectivity index (χ1) is 11.7. The summed E-state index contributed by atoms with van der Waals surface area (Å²) in [5.74, 6) is -0.630. The van der Waals surface area contributed by atoms with Crippen LogP contribution in [-0.4, -0.2) is 29.4 Å². The number of hydrogen-bond donors (Lipinski definition) is 0. The topological polar surface area (TPSA) is 46.6 Å². The molecule has 1 atom stereocenters. The predicted molar refractivity (Wildman–Crippen MR) is 91.4 cm³/mol. The van der Waals surface area contributed by atoms with E-state index >= 15 is 0 Å². The van der Waals surface area contributed by atoms with Gasteiger partial charge in [-0.15, -0.1) is 6.58 Å². The van der Waals surface area contributed by atoms with Gasteiger partial charge in [0.2, 0.25) is 0 Å². The smallest absolute Gasteiger partial charge is 0.339 e. The molecule has 1 amide bonds. The molecule has 3 rings (SSSR count). The largest absolute Gasteiger partial charge is 0.448 e. The summed E-state index contributed by atoms with van der Waals surface area (Å²) >= 11 is 0. The Morgan fingerprint density at radius 3 is 2.62 bits per heavy atom. The van der Waals surface area contributed by atoms with Crippen molar-refractivity contribution >= 4 is 11.9 Å². The van der Waals surface area contributed by atoms with Crippen LogP contribution in [0.5, 0.6) is 0 Å². The maximum absolute atomic E-state index is 12.8. The molecule has 122 valence electrons. The maximum Gasteiger partial charge on any atom is 0.339 e. The van der Waals surface area contributed by atoms with Gasteiger partial charge >= 0.3 is 5.97 Å². The Morgan fingerprint density at radius 2 is 1.88 bits per heavy atom. The molecule has 2 aromatic rings. The summed E-state index contributed by atoms with van der Waals surface area (Å²) < 4.78 is 5.38. The number of cyclic esters (lactones) is 1. The van der Waals surface area contributed by atoms with Crippen LogP contribution in [0.15, 0.2) is 67.3 Å². The number of nitrogens with zero attached hydrogens (tertiary/aromatic N) is 1. The van der Waals surface area contributed by atoms with Crippen molar-refractivity contribution in [3.8, 4) is 0 Å². The highest BCUT2D eigenvalue weighted by Crippen LogP contribution is 2.22. The monoisotopic (exact) mass is 321 g/mol. The average molecular weight is 321 g/mol. The van der Waals surface area contributed by atoms with E-state index in [-0.39, 0.29) is 5.91 Å². The Labute approximate surface area is 141 Å². The molecule has 4 heteroatoms. The van der Waals surface area contributed by atoms with Crippen molar-refractivity contribution in [2.24, 2.45) is 0 Å². The molecule has 0 aromatic heterocycles. The van der Waals surface area contributed by atoms with Crippen LogP contribution in [0.25, 0.3) is 0 Å². The third-order valence-corrected chi connectivity index (χ3v) is 4.04. The lowest BCUT2D eigenvalue weighted by Crippen LogP contribution is -2.44. The molecule has 0 saturated heterocycles. The number of benzene rings is 2. The highest BCUT2D eigenvalue weighted by Gasteiger charge is 2.33. The summed E-state index contributed by atoms with van der Waals surface area (Å²) in [7, 11) is 0. The third kappa shape index (κ3) is 3.38. The molecule has 0 radical (unpaired) electrons. The molecule has 0 fully saturated rings. The SMILES string of the molecule is C=CCN(Cc1ccccc1)C(=O)C1Cc2ccccc2C(=O)O1. The Bertz CT molecular complexity index is 750. The molecule has 1 aliphatic heterocycles. The van der Waals surface area contributed by atoms with Crippen LogP contribution in [-0.2, 0) is 22.5 Å². The standard InChI is InChI=1S/C20H19NO3/c1-2-12-21(14-15-8-4-3-5-9-15)19(22)18-13-16-10-6-7-11-17(16)20(23)24-18/h2-11,18H,1,12-14H2. The average Bonchev–Trinajstić information content (AvgIpc) is 2.61. The van der Waals surface area contributed by atoms with Gasteiger partial charge in [0.25, 0.3) is 5.91 Å². The van der Waals surface area contributed by atoms with E-state index in [1.54, 1.807) is 23.1 Å². The summed E-state index contributed by atoms with van der Waals surface area (Å²) in [4.78, 5) is 26.6. The summed E-state index contributed by atoms with van der Waals surface area (Å²) in [6.07, 6.45) is 1.30. The molecular formula is C20H19NO3. The van der Waals surface area contributed by atoms with E-state index in [9.17, 15) is 9.59 Å². The van der Waals surface area contributed by atoms with E-state index < -0.39 is 12.1 Å². The number of carbonyl (C=O) groups is 2. The van der Waals surface area contributed by atoms with Gasteiger partial charge < -0.3 is 9.64 Å². The Balaban J connectivity index is 1.78. The molecule has 1 heterocycles. The maximum atomic E-state index is 12.8. The minimum Gasteiger partial charge on any atom is -0.448 e. The fourth-order valence-electron chi connectivity index (χ4n) is 2.86. The molecule has 2 aromatic carbocycles. The number of rotatable bonds is 5. The van der Waals surface area contributed by atoms with Gasteiger partial charge in [0.1, 0.15) is 0 Å². The number of esters is 1. The van der Waals surface area contributed by atoms with E-state index in [0.29, 0.717) is 25.1 Å². The molecule has 1 aliphatic rings. The fraction of sp³-hybridized carbons (Fsp3) is 0.200. The lowest BCUT2D eigenvalue weighted by molar-refractivity contribution is -0.141. The van der Waals surface area contributed by atoms with Crippen molar-refractivity contribution in [1.29, 1.82) is 0 Å². The van der Waals surface area contributed by atoms with E-state index in [4.69, 9.17) is 4.74 Å². The van der Waals surface area contributed by atoms with Crippen molar-refractivity contribution in [2.45, 2.75) is 19.1 Å². The molecule has 0 bridgehead atoms. The first kappa shape index (κ1) is 16.0. The number of amides is 1. The first-order valence-electron chi connectivity index (χ1n) is 7.91. The van der Waals surface area contributed by atoms with Gasteiger partial charge in [0, 0.05) is 19.5 Å². The molecular weight excluding hydrogens is 302 g/mol. The van der Waals surface area contributed by atoms with Crippen molar-refractivity contribution in [3.05, 3.63) is 83.9 Å². The third-order valence-electron chi connectivity index (χ3n) is 4.04. The zero-order chi connectivity index (χ0) is 16.9. The summed E-state index contributed by atoms with van der Waals surface area (Å²) in [5.41, 5.74) is 2.42. The van der Waals surface area contributed by atoms with E-state index in [1.165, 1.54) is 0 Å². The van der Waals surface area contributed by atoms with Crippen LogP contribution in [0.2, 0.25) is 0 Å². The molecule has 0 spiro atoms. The molecule has 0 aliphatic carbocycles. The fourth-order valence-corrected chi connectivity index (χ4v) is 2.86. The van der Waals surface area contributed by atoms with Gasteiger partial charge in [-0.3, -0.25) is 4.79 Å². The van der Waals surface area contributed by atoms with Gasteiger partial charge in [0.15, 0.2) is 6.10 Å². The predicted octanol–water partition coefficient (Wildman–Crippen LogP) is 2.98. The van der Waals surface area contributed by atoms with Crippen molar-refractivity contribution in [2.75, 3.05) is 6.54 Å². The van der Waals surface area contributed by atoms with Gasteiger partial charge in [-0.05, 0) is 17.2 Å². The van der Waals surface area contributed by atoms with Crippen molar-refractivity contribution in [1.82, 2.24) is 4.90 Å². The van der Waals surface area contributed by atoms with Crippen LogP contribution < -0.4 is 0 Å². The minimum absolute atomic E-state index is 0.193. The normalized spacial score (nSPS) is 16.0. The molecule has 24 heavy (non-hydrogen) atoms. The number of hydrogen-bond acceptors (Lipinski definition) is 3. The highest BCUT2D eigenvalue weighted by atomic mass is 16.5. The van der Waals surface area contributed by atoms with E-state index in [0.717, 1.165) is 11.1 Å². The van der Waals surface area contributed by atoms with E-state index in [2.05, 4.69) is 6.58 Å². The lowest BCUT2D eigenvalue weighted by Gasteiger charge is -2.29. The Kier molecular flexibility index (Phi) is 4.75. The van der Waals surface area contributed by atoms with Crippen molar-refractivity contribution in [3.63, 3.8) is 0 Å². The Morgan fingerprint density at radius 1 is 1.17 bits per heavy atom. The van der Waals surface area contributed by atoms with Gasteiger partial charge in [0.05, 0.1) is 5.56 Å². The minimum atomic E-state index is -0.781. The molecule has 1 unspecified atom stereocenters. The summed E-state index contributed by atoms with van der Waals surface area (Å²) in [5, 5.41) is 0.